The molecule has 4 heteroatoms. The third-order valence-corrected chi connectivity index (χ3v) is 5.60. The van der Waals surface area contributed by atoms with Crippen molar-refractivity contribution in [2.45, 2.75) is 52.4 Å². The van der Waals surface area contributed by atoms with Crippen molar-refractivity contribution in [3.8, 4) is 0 Å². The highest BCUT2D eigenvalue weighted by Gasteiger charge is 2.15. The number of hydrogen-bond donors (Lipinski definition) is 2. The molecule has 0 aliphatic heterocycles. The molecule has 2 amide bonds. The van der Waals surface area contributed by atoms with Crippen molar-refractivity contribution in [2.24, 2.45) is 0 Å². The van der Waals surface area contributed by atoms with Crippen LogP contribution < -0.4 is 10.6 Å². The lowest BCUT2D eigenvalue weighted by Gasteiger charge is -2.19. The van der Waals surface area contributed by atoms with Gasteiger partial charge in [0.05, 0.1) is 0 Å². The van der Waals surface area contributed by atoms with E-state index in [1.807, 2.05) is 36.4 Å². The van der Waals surface area contributed by atoms with Gasteiger partial charge in [0, 0.05) is 23.0 Å². The van der Waals surface area contributed by atoms with E-state index in [0.29, 0.717) is 16.9 Å². The zero-order chi connectivity index (χ0) is 24.9. The van der Waals surface area contributed by atoms with E-state index in [1.165, 1.54) is 17.2 Å². The van der Waals surface area contributed by atoms with Crippen molar-refractivity contribution in [1.29, 1.82) is 0 Å². The van der Waals surface area contributed by atoms with Gasteiger partial charge in [-0.3, -0.25) is 9.59 Å². The quantitative estimate of drug-likeness (QED) is 0.401. The molecule has 0 saturated carbocycles. The summed E-state index contributed by atoms with van der Waals surface area (Å²) in [6.07, 6.45) is 3.29. The van der Waals surface area contributed by atoms with Crippen LogP contribution in [-0.4, -0.2) is 11.8 Å². The molecule has 176 valence electrons. The van der Waals surface area contributed by atoms with Crippen LogP contribution in [0.2, 0.25) is 0 Å². The third kappa shape index (κ3) is 6.92. The summed E-state index contributed by atoms with van der Waals surface area (Å²) in [6.45, 7) is 12.9. The lowest BCUT2D eigenvalue weighted by atomic mass is 9.86. The maximum atomic E-state index is 12.6. The number of anilines is 2. The Bertz CT molecular complexity index is 1180. The highest BCUT2D eigenvalue weighted by atomic mass is 16.2. The molecule has 0 atom stereocenters. The summed E-state index contributed by atoms with van der Waals surface area (Å²) in [4.78, 5) is 25.0. The van der Waals surface area contributed by atoms with Gasteiger partial charge >= 0.3 is 0 Å². The average Bonchev–Trinajstić information content (AvgIpc) is 2.77. The van der Waals surface area contributed by atoms with Gasteiger partial charge in [-0.05, 0) is 63.9 Å². The summed E-state index contributed by atoms with van der Waals surface area (Å²) < 4.78 is 0. The van der Waals surface area contributed by atoms with Crippen molar-refractivity contribution >= 4 is 29.3 Å². The molecule has 34 heavy (non-hydrogen) atoms. The molecule has 0 aliphatic rings. The number of rotatable bonds is 5. The molecule has 0 spiro atoms. The van der Waals surface area contributed by atoms with Crippen molar-refractivity contribution in [2.75, 3.05) is 10.6 Å². The van der Waals surface area contributed by atoms with Crippen molar-refractivity contribution in [1.82, 2.24) is 0 Å². The van der Waals surface area contributed by atoms with E-state index in [-0.39, 0.29) is 22.6 Å². The van der Waals surface area contributed by atoms with Crippen LogP contribution in [0.5, 0.6) is 0 Å². The number of hydrogen-bond acceptors (Lipinski definition) is 2. The third-order valence-electron chi connectivity index (χ3n) is 5.60. The van der Waals surface area contributed by atoms with E-state index < -0.39 is 0 Å². The highest BCUT2D eigenvalue weighted by Crippen LogP contribution is 2.24. The number of benzene rings is 3. The van der Waals surface area contributed by atoms with Gasteiger partial charge in [0.2, 0.25) is 5.91 Å². The first-order chi connectivity index (χ1) is 15.9. The standard InChI is InChI=1S/C30H34N2O2/c1-29(2,3)23-15-10-21(11-16-23)12-19-27(33)31-25-8-7-9-26(20-25)32-28(34)22-13-17-24(18-14-22)30(4,5)6/h7-20H,1-6H3,(H,31,33)(H,32,34)/b19-12+. The Balaban J connectivity index is 1.61. The summed E-state index contributed by atoms with van der Waals surface area (Å²) in [5, 5.41) is 5.75. The smallest absolute Gasteiger partial charge is 0.255 e. The van der Waals surface area contributed by atoms with Crippen molar-refractivity contribution < 1.29 is 9.59 Å². The molecule has 3 rings (SSSR count). The summed E-state index contributed by atoms with van der Waals surface area (Å²) >= 11 is 0. The van der Waals surface area contributed by atoms with Crippen LogP contribution in [0.4, 0.5) is 11.4 Å². The monoisotopic (exact) mass is 454 g/mol. The predicted octanol–water partition coefficient (Wildman–Crippen LogP) is 7.19. The highest BCUT2D eigenvalue weighted by molar-refractivity contribution is 6.05. The fraction of sp³-hybridized carbons (Fsp3) is 0.267. The zero-order valence-electron chi connectivity index (χ0n) is 20.9. The van der Waals surface area contributed by atoms with Crippen LogP contribution >= 0.6 is 0 Å². The largest absolute Gasteiger partial charge is 0.322 e. The minimum absolute atomic E-state index is 0.0336. The number of carbonyl (C=O) groups excluding carboxylic acids is 2. The Morgan fingerprint density at radius 3 is 1.71 bits per heavy atom. The van der Waals surface area contributed by atoms with Crippen molar-refractivity contribution in [3.63, 3.8) is 0 Å². The number of nitrogens with one attached hydrogen (secondary N) is 2. The van der Waals surface area contributed by atoms with Crippen LogP contribution in [0.1, 0.15) is 68.6 Å². The average molecular weight is 455 g/mol. The van der Waals surface area contributed by atoms with E-state index >= 15 is 0 Å². The topological polar surface area (TPSA) is 58.2 Å². The Labute approximate surface area is 203 Å². The van der Waals surface area contributed by atoms with Crippen LogP contribution in [0, 0.1) is 0 Å². The molecular weight excluding hydrogens is 420 g/mol. The van der Waals surface area contributed by atoms with Gasteiger partial charge in [-0.15, -0.1) is 0 Å². The molecule has 0 bridgehead atoms. The fourth-order valence-electron chi connectivity index (χ4n) is 3.45. The van der Waals surface area contributed by atoms with Gasteiger partial charge in [0.1, 0.15) is 0 Å². The maximum absolute atomic E-state index is 12.6. The molecule has 0 radical (unpaired) electrons. The van der Waals surface area contributed by atoms with Gasteiger partial charge in [-0.25, -0.2) is 0 Å². The minimum Gasteiger partial charge on any atom is -0.322 e. The van der Waals surface area contributed by atoms with E-state index in [1.54, 1.807) is 30.3 Å². The molecule has 0 aromatic heterocycles. The van der Waals surface area contributed by atoms with Gasteiger partial charge in [-0.1, -0.05) is 84.0 Å². The number of amides is 2. The number of carbonyl (C=O) groups is 2. The second-order valence-electron chi connectivity index (χ2n) is 10.6. The normalized spacial score (nSPS) is 11.9. The van der Waals surface area contributed by atoms with E-state index in [9.17, 15) is 9.59 Å². The van der Waals surface area contributed by atoms with Crippen LogP contribution in [0.25, 0.3) is 6.08 Å². The Morgan fingerprint density at radius 2 is 1.18 bits per heavy atom. The van der Waals surface area contributed by atoms with Gasteiger partial charge in [0.25, 0.3) is 5.91 Å². The molecule has 2 N–H and O–H groups in total. The van der Waals surface area contributed by atoms with E-state index in [0.717, 1.165) is 5.56 Å². The first-order valence-electron chi connectivity index (χ1n) is 11.5. The molecule has 0 unspecified atom stereocenters. The molecule has 0 fully saturated rings. The van der Waals surface area contributed by atoms with Gasteiger partial charge in [0.15, 0.2) is 0 Å². The fourth-order valence-corrected chi connectivity index (χ4v) is 3.45. The summed E-state index contributed by atoms with van der Waals surface area (Å²) in [7, 11) is 0. The van der Waals surface area contributed by atoms with E-state index in [4.69, 9.17) is 0 Å². The molecule has 0 aliphatic carbocycles. The second-order valence-corrected chi connectivity index (χ2v) is 10.6. The van der Waals surface area contributed by atoms with Crippen molar-refractivity contribution in [3.05, 3.63) is 101 Å². The minimum atomic E-state index is -0.235. The summed E-state index contributed by atoms with van der Waals surface area (Å²) in [6, 6.07) is 22.9. The zero-order valence-corrected chi connectivity index (χ0v) is 20.9. The summed E-state index contributed by atoms with van der Waals surface area (Å²) in [5.74, 6) is -0.427. The lowest BCUT2D eigenvalue weighted by molar-refractivity contribution is -0.111. The Hall–Kier alpha value is -3.66. The predicted molar refractivity (Wildman–Crippen MR) is 142 cm³/mol. The lowest BCUT2D eigenvalue weighted by Crippen LogP contribution is -2.14. The maximum Gasteiger partial charge on any atom is 0.255 e. The summed E-state index contributed by atoms with van der Waals surface area (Å²) in [5.41, 5.74) is 5.32. The van der Waals surface area contributed by atoms with E-state index in [2.05, 4.69) is 64.3 Å². The second kappa shape index (κ2) is 10.1. The SMILES string of the molecule is CC(C)(C)c1ccc(/C=C/C(=O)Nc2cccc(NC(=O)c3ccc(C(C)(C)C)cc3)c2)cc1. The first-order valence-corrected chi connectivity index (χ1v) is 11.5. The Morgan fingerprint density at radius 1 is 0.676 bits per heavy atom. The molecule has 0 saturated heterocycles. The van der Waals surface area contributed by atoms with Gasteiger partial charge in [-0.2, -0.15) is 0 Å². The van der Waals surface area contributed by atoms with Gasteiger partial charge < -0.3 is 10.6 Å². The molecule has 3 aromatic carbocycles. The molecule has 3 aromatic rings. The molecular formula is C30H34N2O2. The molecule has 0 heterocycles. The van der Waals surface area contributed by atoms with Crippen LogP contribution in [0.3, 0.4) is 0 Å². The van der Waals surface area contributed by atoms with Crippen LogP contribution in [0.15, 0.2) is 78.9 Å². The molecule has 4 nitrogen and oxygen atoms in total. The Kier molecular flexibility index (Phi) is 7.41. The van der Waals surface area contributed by atoms with Crippen LogP contribution in [-0.2, 0) is 15.6 Å². The first kappa shape index (κ1) is 25.0.